The summed E-state index contributed by atoms with van der Waals surface area (Å²) in [5, 5.41) is 0. The molecule has 1 aliphatic carbocycles. The highest BCUT2D eigenvalue weighted by Crippen LogP contribution is 2.29. The number of nitrogens with zero attached hydrogens (tertiary/aromatic N) is 3. The lowest BCUT2D eigenvalue weighted by atomic mass is 10.4. The highest BCUT2D eigenvalue weighted by atomic mass is 16.5. The number of pyridine rings is 1. The molecular weight excluding hydrogens is 202 g/mol. The number of imidazole rings is 1. The number of hydrogen-bond donors (Lipinski definition) is 0. The summed E-state index contributed by atoms with van der Waals surface area (Å²) in [6.45, 7) is 0.803. The molecule has 82 valence electrons. The van der Waals surface area contributed by atoms with Gasteiger partial charge in [-0.2, -0.15) is 0 Å². The van der Waals surface area contributed by atoms with E-state index in [1.807, 2.05) is 22.9 Å². The predicted octanol–water partition coefficient (Wildman–Crippen LogP) is 2.06. The first-order chi connectivity index (χ1) is 7.92. The molecule has 1 saturated carbocycles. The second kappa shape index (κ2) is 3.96. The molecule has 3 rings (SSSR count). The molecule has 16 heavy (non-hydrogen) atoms. The fourth-order valence-corrected chi connectivity index (χ4v) is 1.51. The molecule has 4 nitrogen and oxygen atoms in total. The fraction of sp³-hybridized carbons (Fsp3) is 0.333. The molecule has 2 aromatic heterocycles. The maximum Gasteiger partial charge on any atom is 0.213 e. The summed E-state index contributed by atoms with van der Waals surface area (Å²) in [4.78, 5) is 8.26. The Hall–Kier alpha value is -1.84. The second-order valence-electron chi connectivity index (χ2n) is 4.08. The summed E-state index contributed by atoms with van der Waals surface area (Å²) in [6, 6.07) is 3.88. The van der Waals surface area contributed by atoms with Gasteiger partial charge in [0, 0.05) is 18.5 Å². The molecule has 4 heteroatoms. The van der Waals surface area contributed by atoms with Crippen molar-refractivity contribution < 1.29 is 4.74 Å². The third-order valence-electron chi connectivity index (χ3n) is 2.69. The van der Waals surface area contributed by atoms with Crippen LogP contribution in [0.4, 0.5) is 0 Å². The molecule has 0 saturated heterocycles. The van der Waals surface area contributed by atoms with E-state index in [2.05, 4.69) is 9.97 Å². The molecule has 0 amide bonds. The molecule has 2 aromatic rings. The first-order valence-electron chi connectivity index (χ1n) is 5.49. The van der Waals surface area contributed by atoms with Gasteiger partial charge in [-0.05, 0) is 24.8 Å². The Kier molecular flexibility index (Phi) is 2.33. The van der Waals surface area contributed by atoms with Crippen molar-refractivity contribution >= 4 is 0 Å². The maximum absolute atomic E-state index is 5.57. The predicted molar refractivity (Wildman–Crippen MR) is 59.6 cm³/mol. The van der Waals surface area contributed by atoms with Gasteiger partial charge in [0.05, 0.1) is 24.8 Å². The van der Waals surface area contributed by atoms with Crippen LogP contribution < -0.4 is 4.74 Å². The Morgan fingerprint density at radius 1 is 1.38 bits per heavy atom. The highest BCUT2D eigenvalue weighted by molar-refractivity contribution is 5.31. The average molecular weight is 215 g/mol. The highest BCUT2D eigenvalue weighted by Gasteiger charge is 2.21. The van der Waals surface area contributed by atoms with Gasteiger partial charge in [-0.3, -0.25) is 0 Å². The zero-order valence-corrected chi connectivity index (χ0v) is 8.91. The molecule has 1 fully saturated rings. The van der Waals surface area contributed by atoms with Crippen LogP contribution >= 0.6 is 0 Å². The van der Waals surface area contributed by atoms with Gasteiger partial charge in [0.15, 0.2) is 0 Å². The van der Waals surface area contributed by atoms with E-state index in [4.69, 9.17) is 4.74 Å². The molecular formula is C12H13N3O. The van der Waals surface area contributed by atoms with Crippen LogP contribution in [0.25, 0.3) is 5.69 Å². The molecule has 0 aliphatic heterocycles. The summed E-state index contributed by atoms with van der Waals surface area (Å²) in [5.74, 6) is 1.46. The molecule has 2 heterocycles. The van der Waals surface area contributed by atoms with Gasteiger partial charge in [0.1, 0.15) is 0 Å². The monoisotopic (exact) mass is 215 g/mol. The van der Waals surface area contributed by atoms with Crippen molar-refractivity contribution in [2.45, 2.75) is 12.8 Å². The Balaban J connectivity index is 1.69. The van der Waals surface area contributed by atoms with E-state index in [0.717, 1.165) is 18.2 Å². The summed E-state index contributed by atoms with van der Waals surface area (Å²) in [6.07, 6.45) is 9.78. The first-order valence-corrected chi connectivity index (χ1v) is 5.49. The Labute approximate surface area is 93.9 Å². The van der Waals surface area contributed by atoms with Crippen LogP contribution in [0.3, 0.4) is 0 Å². The molecule has 1 aliphatic rings. The minimum absolute atomic E-state index is 0.704. The van der Waals surface area contributed by atoms with Gasteiger partial charge in [-0.15, -0.1) is 0 Å². The van der Waals surface area contributed by atoms with Crippen molar-refractivity contribution in [3.05, 3.63) is 37.1 Å². The standard InChI is InChI=1S/C12H13N3O/c1-2-10(1)8-16-12-4-3-11(7-14-12)15-6-5-13-9-15/h3-7,9-10H,1-2,8H2. The van der Waals surface area contributed by atoms with Crippen molar-refractivity contribution in [2.75, 3.05) is 6.61 Å². The van der Waals surface area contributed by atoms with Crippen LogP contribution in [0.5, 0.6) is 5.88 Å². The number of rotatable bonds is 4. The van der Waals surface area contributed by atoms with Gasteiger partial charge in [0.25, 0.3) is 0 Å². The van der Waals surface area contributed by atoms with Crippen molar-refractivity contribution in [1.82, 2.24) is 14.5 Å². The largest absolute Gasteiger partial charge is 0.477 e. The molecule has 0 bridgehead atoms. The normalized spacial score (nSPS) is 15.0. The Morgan fingerprint density at radius 2 is 2.31 bits per heavy atom. The maximum atomic E-state index is 5.57. The Bertz CT molecular complexity index is 446. The van der Waals surface area contributed by atoms with Crippen LogP contribution in [0.1, 0.15) is 12.8 Å². The van der Waals surface area contributed by atoms with E-state index in [1.54, 1.807) is 18.7 Å². The molecule has 0 atom stereocenters. The first kappa shape index (κ1) is 9.39. The molecule has 0 radical (unpaired) electrons. The van der Waals surface area contributed by atoms with Crippen LogP contribution in [0, 0.1) is 5.92 Å². The van der Waals surface area contributed by atoms with Crippen molar-refractivity contribution in [2.24, 2.45) is 5.92 Å². The number of ether oxygens (including phenoxy) is 1. The van der Waals surface area contributed by atoms with Crippen LogP contribution in [0.15, 0.2) is 37.1 Å². The minimum atomic E-state index is 0.704. The lowest BCUT2D eigenvalue weighted by Crippen LogP contribution is -2.01. The summed E-state index contributed by atoms with van der Waals surface area (Å²) >= 11 is 0. The van der Waals surface area contributed by atoms with Crippen LogP contribution in [-0.2, 0) is 0 Å². The third kappa shape index (κ3) is 2.05. The van der Waals surface area contributed by atoms with Crippen molar-refractivity contribution in [3.8, 4) is 11.6 Å². The van der Waals surface area contributed by atoms with Crippen LogP contribution in [0.2, 0.25) is 0 Å². The van der Waals surface area contributed by atoms with Gasteiger partial charge in [0.2, 0.25) is 5.88 Å². The Morgan fingerprint density at radius 3 is 2.94 bits per heavy atom. The summed E-state index contributed by atoms with van der Waals surface area (Å²) in [5.41, 5.74) is 0.997. The van der Waals surface area contributed by atoms with Gasteiger partial charge in [-0.25, -0.2) is 9.97 Å². The molecule has 0 N–H and O–H groups in total. The second-order valence-corrected chi connectivity index (χ2v) is 4.08. The van der Waals surface area contributed by atoms with Crippen molar-refractivity contribution in [3.63, 3.8) is 0 Å². The minimum Gasteiger partial charge on any atom is -0.477 e. The molecule has 0 aromatic carbocycles. The quantitative estimate of drug-likeness (QED) is 0.783. The van der Waals surface area contributed by atoms with Gasteiger partial charge >= 0.3 is 0 Å². The average Bonchev–Trinajstić information content (AvgIpc) is 3.00. The smallest absolute Gasteiger partial charge is 0.213 e. The third-order valence-corrected chi connectivity index (χ3v) is 2.69. The number of aromatic nitrogens is 3. The SMILES string of the molecule is c1cn(-c2ccc(OCC3CC3)nc2)cn1. The molecule has 0 spiro atoms. The van der Waals surface area contributed by atoms with Crippen LogP contribution in [-0.4, -0.2) is 21.1 Å². The van der Waals surface area contributed by atoms with E-state index in [0.29, 0.717) is 5.88 Å². The van der Waals surface area contributed by atoms with Gasteiger partial charge < -0.3 is 9.30 Å². The fourth-order valence-electron chi connectivity index (χ4n) is 1.51. The topological polar surface area (TPSA) is 39.9 Å². The van der Waals surface area contributed by atoms with Gasteiger partial charge in [-0.1, -0.05) is 0 Å². The zero-order chi connectivity index (χ0) is 10.8. The molecule has 0 unspecified atom stereocenters. The zero-order valence-electron chi connectivity index (χ0n) is 8.91. The van der Waals surface area contributed by atoms with E-state index in [-0.39, 0.29) is 0 Å². The van der Waals surface area contributed by atoms with E-state index >= 15 is 0 Å². The number of hydrogen-bond acceptors (Lipinski definition) is 3. The van der Waals surface area contributed by atoms with Crippen molar-refractivity contribution in [1.29, 1.82) is 0 Å². The van der Waals surface area contributed by atoms with E-state index < -0.39 is 0 Å². The van der Waals surface area contributed by atoms with E-state index in [9.17, 15) is 0 Å². The lowest BCUT2D eigenvalue weighted by molar-refractivity contribution is 0.288. The summed E-state index contributed by atoms with van der Waals surface area (Å²) < 4.78 is 7.48. The lowest BCUT2D eigenvalue weighted by Gasteiger charge is -2.05. The summed E-state index contributed by atoms with van der Waals surface area (Å²) in [7, 11) is 0. The van der Waals surface area contributed by atoms with E-state index in [1.165, 1.54) is 12.8 Å².